The van der Waals surface area contributed by atoms with Crippen LogP contribution < -0.4 is 16.0 Å². The van der Waals surface area contributed by atoms with E-state index in [1.54, 1.807) is 29.9 Å². The van der Waals surface area contributed by atoms with Crippen molar-refractivity contribution < 1.29 is 9.59 Å². The third-order valence-electron chi connectivity index (χ3n) is 5.75. The Balaban J connectivity index is 1.36. The number of carbonyl (C=O) groups is 2. The van der Waals surface area contributed by atoms with Crippen molar-refractivity contribution in [2.24, 2.45) is 0 Å². The van der Waals surface area contributed by atoms with E-state index < -0.39 is 0 Å². The molecule has 0 saturated carbocycles. The lowest BCUT2D eigenvalue weighted by molar-refractivity contribution is 0.102. The SMILES string of the molecule is Cc1ncc(NC(=O)NCCN2CCCC2(C)C)cc1NC(=O)c1cnn2cc(Br)sc12. The zero-order valence-corrected chi connectivity index (χ0v) is 20.6. The number of carbonyl (C=O) groups excluding carboxylic acids is 2. The Morgan fingerprint density at radius 2 is 2.09 bits per heavy atom. The molecule has 0 atom stereocenters. The fourth-order valence-corrected chi connectivity index (χ4v) is 5.33. The molecular formula is C21H26BrN7O2S. The van der Waals surface area contributed by atoms with Gasteiger partial charge in [-0.15, -0.1) is 11.3 Å². The molecule has 3 aromatic heterocycles. The molecule has 170 valence electrons. The summed E-state index contributed by atoms with van der Waals surface area (Å²) >= 11 is 4.84. The second-order valence-corrected chi connectivity index (χ2v) is 10.8. The van der Waals surface area contributed by atoms with E-state index in [0.717, 1.165) is 21.7 Å². The topological polar surface area (TPSA) is 104 Å². The van der Waals surface area contributed by atoms with Crippen LogP contribution >= 0.6 is 27.3 Å². The average Bonchev–Trinajstić information content (AvgIpc) is 3.38. The molecule has 4 rings (SSSR count). The van der Waals surface area contributed by atoms with E-state index in [4.69, 9.17) is 0 Å². The summed E-state index contributed by atoms with van der Waals surface area (Å²) in [7, 11) is 0. The molecule has 11 heteroatoms. The summed E-state index contributed by atoms with van der Waals surface area (Å²) in [5, 5.41) is 12.8. The molecular weight excluding hydrogens is 494 g/mol. The van der Waals surface area contributed by atoms with Crippen LogP contribution in [0.4, 0.5) is 16.2 Å². The number of amides is 3. The third-order valence-corrected chi connectivity index (χ3v) is 7.34. The van der Waals surface area contributed by atoms with E-state index in [-0.39, 0.29) is 17.5 Å². The van der Waals surface area contributed by atoms with Gasteiger partial charge in [0, 0.05) is 18.6 Å². The lowest BCUT2D eigenvalue weighted by Crippen LogP contribution is -2.43. The van der Waals surface area contributed by atoms with Crippen LogP contribution in [0.2, 0.25) is 0 Å². The van der Waals surface area contributed by atoms with Gasteiger partial charge in [0.05, 0.1) is 45.0 Å². The molecule has 0 bridgehead atoms. The molecule has 0 unspecified atom stereocenters. The number of hydrogen-bond donors (Lipinski definition) is 3. The summed E-state index contributed by atoms with van der Waals surface area (Å²) in [6, 6.07) is 1.40. The maximum absolute atomic E-state index is 12.8. The molecule has 1 aliphatic heterocycles. The monoisotopic (exact) mass is 519 g/mol. The van der Waals surface area contributed by atoms with Crippen LogP contribution in [0.3, 0.4) is 0 Å². The first-order valence-electron chi connectivity index (χ1n) is 10.4. The number of rotatable bonds is 6. The highest BCUT2D eigenvalue weighted by Crippen LogP contribution is 2.28. The van der Waals surface area contributed by atoms with Crippen LogP contribution in [-0.2, 0) is 0 Å². The van der Waals surface area contributed by atoms with Gasteiger partial charge in [0.25, 0.3) is 5.91 Å². The molecule has 1 saturated heterocycles. The van der Waals surface area contributed by atoms with Gasteiger partial charge in [-0.1, -0.05) is 0 Å². The van der Waals surface area contributed by atoms with Crippen molar-refractivity contribution >= 4 is 55.4 Å². The van der Waals surface area contributed by atoms with Gasteiger partial charge in [0.2, 0.25) is 0 Å². The fraction of sp³-hybridized carbons (Fsp3) is 0.429. The number of nitrogens with one attached hydrogen (secondary N) is 3. The van der Waals surface area contributed by atoms with E-state index in [1.807, 2.05) is 0 Å². The van der Waals surface area contributed by atoms with Crippen LogP contribution in [0.5, 0.6) is 0 Å². The van der Waals surface area contributed by atoms with Crippen LogP contribution in [-0.4, -0.2) is 56.6 Å². The maximum Gasteiger partial charge on any atom is 0.319 e. The quantitative estimate of drug-likeness (QED) is 0.454. The summed E-state index contributed by atoms with van der Waals surface area (Å²) < 4.78 is 2.54. The van der Waals surface area contributed by atoms with Crippen LogP contribution in [0.1, 0.15) is 42.7 Å². The molecule has 32 heavy (non-hydrogen) atoms. The summed E-state index contributed by atoms with van der Waals surface area (Å²) in [6.07, 6.45) is 7.28. The predicted molar refractivity (Wildman–Crippen MR) is 130 cm³/mol. The number of hydrogen-bond acceptors (Lipinski definition) is 6. The number of pyridine rings is 1. The van der Waals surface area contributed by atoms with Gasteiger partial charge in [-0.05, 0) is 62.2 Å². The first-order chi connectivity index (χ1) is 15.2. The minimum absolute atomic E-state index is 0.187. The summed E-state index contributed by atoms with van der Waals surface area (Å²) in [6.45, 7) is 8.71. The standard InChI is InChI=1S/C21H26BrN7O2S/c1-13-16(27-18(30)15-11-25-29-12-17(22)32-19(15)29)9-14(10-24-13)26-20(31)23-6-8-28-7-4-5-21(28,2)3/h9-12H,4-8H2,1-3H3,(H,27,30)(H2,23,26,31). The van der Waals surface area contributed by atoms with E-state index in [0.29, 0.717) is 29.2 Å². The van der Waals surface area contributed by atoms with Gasteiger partial charge in [0.15, 0.2) is 0 Å². The number of fused-ring (bicyclic) bond motifs is 1. The number of halogens is 1. The second kappa shape index (κ2) is 9.16. The summed E-state index contributed by atoms with van der Waals surface area (Å²) in [5.41, 5.74) is 2.34. The van der Waals surface area contributed by atoms with Crippen molar-refractivity contribution in [3.63, 3.8) is 0 Å². The van der Waals surface area contributed by atoms with Crippen LogP contribution in [0.25, 0.3) is 4.83 Å². The van der Waals surface area contributed by atoms with E-state index in [2.05, 4.69) is 60.7 Å². The maximum atomic E-state index is 12.8. The Kier molecular flexibility index (Phi) is 6.50. The number of aryl methyl sites for hydroxylation is 1. The summed E-state index contributed by atoms with van der Waals surface area (Å²) in [4.78, 5) is 32.6. The van der Waals surface area contributed by atoms with Crippen LogP contribution in [0.15, 0.2) is 28.4 Å². The largest absolute Gasteiger partial charge is 0.337 e. The molecule has 0 spiro atoms. The van der Waals surface area contributed by atoms with E-state index >= 15 is 0 Å². The highest BCUT2D eigenvalue weighted by molar-refractivity contribution is 9.11. The normalized spacial score (nSPS) is 15.8. The lowest BCUT2D eigenvalue weighted by Gasteiger charge is -2.31. The molecule has 9 nitrogen and oxygen atoms in total. The van der Waals surface area contributed by atoms with Gasteiger partial charge >= 0.3 is 6.03 Å². The van der Waals surface area contributed by atoms with Crippen molar-refractivity contribution in [3.05, 3.63) is 39.7 Å². The third kappa shape index (κ3) is 4.94. The molecule has 4 heterocycles. The van der Waals surface area contributed by atoms with Gasteiger partial charge < -0.3 is 16.0 Å². The molecule has 3 aromatic rings. The lowest BCUT2D eigenvalue weighted by atomic mass is 10.0. The minimum atomic E-state index is -0.299. The Morgan fingerprint density at radius 1 is 1.28 bits per heavy atom. The molecule has 3 amide bonds. The Hall–Kier alpha value is -2.50. The molecule has 1 aliphatic rings. The predicted octanol–water partition coefficient (Wildman–Crippen LogP) is 4.11. The first kappa shape index (κ1) is 22.7. The molecule has 0 radical (unpaired) electrons. The van der Waals surface area contributed by atoms with Crippen molar-refractivity contribution in [1.82, 2.24) is 24.8 Å². The number of urea groups is 1. The first-order valence-corrected chi connectivity index (χ1v) is 12.0. The van der Waals surface area contributed by atoms with Crippen LogP contribution in [0, 0.1) is 6.92 Å². The van der Waals surface area contributed by atoms with Gasteiger partial charge in [-0.2, -0.15) is 5.10 Å². The van der Waals surface area contributed by atoms with Crippen molar-refractivity contribution in [2.45, 2.75) is 39.2 Å². The van der Waals surface area contributed by atoms with E-state index in [9.17, 15) is 9.59 Å². The average molecular weight is 520 g/mol. The Morgan fingerprint density at radius 3 is 2.84 bits per heavy atom. The number of aromatic nitrogens is 3. The minimum Gasteiger partial charge on any atom is -0.337 e. The van der Waals surface area contributed by atoms with E-state index in [1.165, 1.54) is 30.4 Å². The molecule has 1 fully saturated rings. The zero-order valence-electron chi connectivity index (χ0n) is 18.2. The van der Waals surface area contributed by atoms with Gasteiger partial charge in [0.1, 0.15) is 4.83 Å². The van der Waals surface area contributed by atoms with Crippen molar-refractivity contribution in [1.29, 1.82) is 0 Å². The Labute approximate surface area is 198 Å². The second-order valence-electron chi connectivity index (χ2n) is 8.44. The van der Waals surface area contributed by atoms with Gasteiger partial charge in [-0.25, -0.2) is 9.31 Å². The number of anilines is 2. The van der Waals surface area contributed by atoms with Gasteiger partial charge in [-0.3, -0.25) is 14.7 Å². The van der Waals surface area contributed by atoms with Crippen molar-refractivity contribution in [3.8, 4) is 0 Å². The number of nitrogens with zero attached hydrogens (tertiary/aromatic N) is 4. The van der Waals surface area contributed by atoms with Crippen molar-refractivity contribution in [2.75, 3.05) is 30.3 Å². The molecule has 0 aliphatic carbocycles. The highest BCUT2D eigenvalue weighted by Gasteiger charge is 2.31. The number of likely N-dealkylation sites (tertiary alicyclic amines) is 1. The molecule has 0 aromatic carbocycles. The number of thiazole rings is 1. The smallest absolute Gasteiger partial charge is 0.319 e. The summed E-state index contributed by atoms with van der Waals surface area (Å²) in [5.74, 6) is -0.283. The Bertz CT molecular complexity index is 1160. The fourth-order valence-electron chi connectivity index (χ4n) is 3.89. The zero-order chi connectivity index (χ0) is 22.9. The molecule has 3 N–H and O–H groups in total. The highest BCUT2D eigenvalue weighted by atomic mass is 79.9.